The van der Waals surface area contributed by atoms with Crippen LogP contribution < -0.4 is 10.6 Å². The summed E-state index contributed by atoms with van der Waals surface area (Å²) in [6.07, 6.45) is 5.20. The lowest BCUT2D eigenvalue weighted by atomic mass is 10.2. The molecular weight excluding hydrogens is 416 g/mol. The van der Waals surface area contributed by atoms with Crippen LogP contribution in [0.15, 0.2) is 73.2 Å². The lowest BCUT2D eigenvalue weighted by Crippen LogP contribution is -2.23. The van der Waals surface area contributed by atoms with Gasteiger partial charge in [-0.3, -0.25) is 19.3 Å². The van der Waals surface area contributed by atoms with Gasteiger partial charge in [0.05, 0.1) is 25.0 Å². The normalized spacial score (nSPS) is 10.9. The second kappa shape index (κ2) is 8.91. The van der Waals surface area contributed by atoms with Crippen LogP contribution in [-0.2, 0) is 13.1 Å². The zero-order valence-corrected chi connectivity index (χ0v) is 18.0. The molecule has 4 aromatic heterocycles. The van der Waals surface area contributed by atoms with Gasteiger partial charge >= 0.3 is 0 Å². The summed E-state index contributed by atoms with van der Waals surface area (Å²) in [5.41, 5.74) is 5.15. The summed E-state index contributed by atoms with van der Waals surface area (Å²) < 4.78 is 2.04. The highest BCUT2D eigenvalue weighted by Crippen LogP contribution is 2.15. The summed E-state index contributed by atoms with van der Waals surface area (Å²) in [7, 11) is 0. The lowest BCUT2D eigenvalue weighted by molar-refractivity contribution is 0.0950. The van der Waals surface area contributed by atoms with Gasteiger partial charge in [-0.05, 0) is 49.4 Å². The largest absolute Gasteiger partial charge is 0.378 e. The molecule has 164 valence electrons. The third-order valence-corrected chi connectivity index (χ3v) is 5.28. The molecular formula is C24H22N8O. The number of carbonyl (C=O) groups is 1. The van der Waals surface area contributed by atoms with E-state index in [9.17, 15) is 4.79 Å². The monoisotopic (exact) mass is 438 g/mol. The SMILES string of the molecule is Cc1cccc2ncc(CNC(=O)c3cccc(NCc4nc(-c5ccncc5)n[nH]4)c3)n12. The molecule has 0 aliphatic carbocycles. The van der Waals surface area contributed by atoms with Crippen molar-refractivity contribution in [3.63, 3.8) is 0 Å². The van der Waals surface area contributed by atoms with Crippen molar-refractivity contribution in [2.75, 3.05) is 5.32 Å². The molecule has 4 heterocycles. The maximum Gasteiger partial charge on any atom is 0.251 e. The fraction of sp³-hybridized carbons (Fsp3) is 0.125. The number of amides is 1. The molecule has 0 bridgehead atoms. The van der Waals surface area contributed by atoms with Gasteiger partial charge in [-0.15, -0.1) is 0 Å². The molecule has 1 amide bonds. The maximum atomic E-state index is 12.7. The molecule has 5 aromatic rings. The number of anilines is 1. The number of aromatic amines is 1. The summed E-state index contributed by atoms with van der Waals surface area (Å²) in [5, 5.41) is 13.4. The average molecular weight is 438 g/mol. The molecule has 3 N–H and O–H groups in total. The Morgan fingerprint density at radius 3 is 2.79 bits per heavy atom. The third kappa shape index (κ3) is 4.42. The van der Waals surface area contributed by atoms with Crippen LogP contribution in [0.1, 0.15) is 27.6 Å². The molecule has 0 saturated heterocycles. The fourth-order valence-electron chi connectivity index (χ4n) is 3.63. The van der Waals surface area contributed by atoms with Crippen LogP contribution in [0.4, 0.5) is 5.69 Å². The van der Waals surface area contributed by atoms with Gasteiger partial charge < -0.3 is 10.6 Å². The predicted molar refractivity (Wildman–Crippen MR) is 124 cm³/mol. The van der Waals surface area contributed by atoms with E-state index >= 15 is 0 Å². The number of nitrogens with zero attached hydrogens (tertiary/aromatic N) is 5. The fourth-order valence-corrected chi connectivity index (χ4v) is 3.63. The van der Waals surface area contributed by atoms with Gasteiger partial charge in [-0.2, -0.15) is 5.10 Å². The molecule has 1 aromatic carbocycles. The number of H-pyrrole nitrogens is 1. The van der Waals surface area contributed by atoms with Crippen molar-refractivity contribution in [1.82, 2.24) is 34.9 Å². The van der Waals surface area contributed by atoms with E-state index in [-0.39, 0.29) is 5.91 Å². The van der Waals surface area contributed by atoms with Crippen LogP contribution in [0, 0.1) is 6.92 Å². The Morgan fingerprint density at radius 1 is 1.06 bits per heavy atom. The molecule has 0 atom stereocenters. The first-order chi connectivity index (χ1) is 16.2. The van der Waals surface area contributed by atoms with Crippen LogP contribution in [0.3, 0.4) is 0 Å². The molecule has 0 aliphatic rings. The number of hydrogen-bond acceptors (Lipinski definition) is 6. The van der Waals surface area contributed by atoms with Gasteiger partial charge in [0.1, 0.15) is 11.5 Å². The number of hydrogen-bond donors (Lipinski definition) is 3. The van der Waals surface area contributed by atoms with Gasteiger partial charge in [-0.1, -0.05) is 12.1 Å². The van der Waals surface area contributed by atoms with E-state index in [0.717, 1.165) is 28.3 Å². The van der Waals surface area contributed by atoms with Crippen molar-refractivity contribution in [3.8, 4) is 11.4 Å². The first-order valence-electron chi connectivity index (χ1n) is 10.5. The Labute approximate surface area is 189 Å². The molecule has 0 unspecified atom stereocenters. The molecule has 0 radical (unpaired) electrons. The number of aromatic nitrogens is 6. The number of fused-ring (bicyclic) bond motifs is 1. The highest BCUT2D eigenvalue weighted by atomic mass is 16.1. The number of pyridine rings is 2. The number of aryl methyl sites for hydroxylation is 1. The standard InChI is InChI=1S/C24H22N8O/c1-16-4-2-7-22-27-13-20(32(16)22)14-28-24(33)18-5-3-6-19(12-18)26-15-21-29-23(31-30-21)17-8-10-25-11-9-17/h2-13,26H,14-15H2,1H3,(H,28,33)(H,29,30,31). The van der Waals surface area contributed by atoms with Crippen molar-refractivity contribution in [2.45, 2.75) is 20.0 Å². The topological polar surface area (TPSA) is 113 Å². The molecule has 0 aliphatic heterocycles. The van der Waals surface area contributed by atoms with Gasteiger partial charge in [0, 0.05) is 34.9 Å². The third-order valence-electron chi connectivity index (χ3n) is 5.28. The quantitative estimate of drug-likeness (QED) is 0.359. The molecule has 33 heavy (non-hydrogen) atoms. The van der Waals surface area contributed by atoms with Gasteiger partial charge in [-0.25, -0.2) is 9.97 Å². The number of rotatable bonds is 7. The van der Waals surface area contributed by atoms with Crippen molar-refractivity contribution in [1.29, 1.82) is 0 Å². The number of carbonyl (C=O) groups excluding carboxylic acids is 1. The highest BCUT2D eigenvalue weighted by molar-refractivity contribution is 5.95. The second-order valence-corrected chi connectivity index (χ2v) is 7.57. The van der Waals surface area contributed by atoms with Crippen LogP contribution in [0.2, 0.25) is 0 Å². The van der Waals surface area contributed by atoms with E-state index in [0.29, 0.717) is 30.3 Å². The van der Waals surface area contributed by atoms with E-state index in [1.165, 1.54) is 0 Å². The maximum absolute atomic E-state index is 12.7. The van der Waals surface area contributed by atoms with E-state index in [2.05, 4.69) is 35.8 Å². The second-order valence-electron chi connectivity index (χ2n) is 7.57. The van der Waals surface area contributed by atoms with E-state index < -0.39 is 0 Å². The van der Waals surface area contributed by atoms with Crippen molar-refractivity contribution in [2.24, 2.45) is 0 Å². The molecule has 0 fully saturated rings. The number of imidazole rings is 1. The van der Waals surface area contributed by atoms with Crippen LogP contribution >= 0.6 is 0 Å². The zero-order chi connectivity index (χ0) is 22.6. The Kier molecular flexibility index (Phi) is 5.50. The van der Waals surface area contributed by atoms with Crippen LogP contribution in [-0.4, -0.2) is 35.5 Å². The Bertz CT molecular complexity index is 1410. The Balaban J connectivity index is 1.22. The molecule has 9 heteroatoms. The van der Waals surface area contributed by atoms with Crippen LogP contribution in [0.25, 0.3) is 17.0 Å². The average Bonchev–Trinajstić information content (AvgIpc) is 3.50. The summed E-state index contributed by atoms with van der Waals surface area (Å²) in [4.78, 5) is 25.7. The van der Waals surface area contributed by atoms with Gasteiger partial charge in [0.15, 0.2) is 5.82 Å². The van der Waals surface area contributed by atoms with Crippen molar-refractivity contribution in [3.05, 3.63) is 96.0 Å². The number of benzene rings is 1. The minimum atomic E-state index is -0.151. The van der Waals surface area contributed by atoms with Gasteiger partial charge in [0.25, 0.3) is 5.91 Å². The lowest BCUT2D eigenvalue weighted by Gasteiger charge is -2.09. The summed E-state index contributed by atoms with van der Waals surface area (Å²) in [6.45, 7) is 2.85. The van der Waals surface area contributed by atoms with Gasteiger partial charge in [0.2, 0.25) is 0 Å². The smallest absolute Gasteiger partial charge is 0.251 e. The minimum Gasteiger partial charge on any atom is -0.378 e. The Hall–Kier alpha value is -4.53. The van der Waals surface area contributed by atoms with Crippen molar-refractivity contribution < 1.29 is 4.79 Å². The highest BCUT2D eigenvalue weighted by Gasteiger charge is 2.10. The van der Waals surface area contributed by atoms with Crippen LogP contribution in [0.5, 0.6) is 0 Å². The molecule has 0 spiro atoms. The molecule has 9 nitrogen and oxygen atoms in total. The number of nitrogens with one attached hydrogen (secondary N) is 3. The van der Waals surface area contributed by atoms with E-state index in [1.807, 2.05) is 59.9 Å². The minimum absolute atomic E-state index is 0.151. The van der Waals surface area contributed by atoms with Crippen molar-refractivity contribution >= 4 is 17.2 Å². The van der Waals surface area contributed by atoms with E-state index in [4.69, 9.17) is 0 Å². The van der Waals surface area contributed by atoms with E-state index in [1.54, 1.807) is 24.7 Å². The predicted octanol–water partition coefficient (Wildman–Crippen LogP) is 3.36. The first-order valence-corrected chi connectivity index (χ1v) is 10.5. The Morgan fingerprint density at radius 2 is 1.91 bits per heavy atom. The summed E-state index contributed by atoms with van der Waals surface area (Å²) in [5.74, 6) is 1.16. The summed E-state index contributed by atoms with van der Waals surface area (Å²) in [6, 6.07) is 17.0. The zero-order valence-electron chi connectivity index (χ0n) is 18.0. The molecule has 5 rings (SSSR count). The molecule has 0 saturated carbocycles. The summed E-state index contributed by atoms with van der Waals surface area (Å²) >= 11 is 0. The first kappa shape index (κ1) is 20.4.